The highest BCUT2D eigenvalue weighted by atomic mass is 16.2. The van der Waals surface area contributed by atoms with E-state index < -0.39 is 5.91 Å². The van der Waals surface area contributed by atoms with Crippen LogP contribution in [0.15, 0.2) is 59.7 Å². The fourth-order valence-corrected chi connectivity index (χ4v) is 3.68. The van der Waals surface area contributed by atoms with Crippen LogP contribution in [0, 0.1) is 0 Å². The molecule has 0 unspecified atom stereocenters. The second kappa shape index (κ2) is 9.09. The minimum Gasteiger partial charge on any atom is -0.361 e. The molecule has 4 N–H and O–H groups in total. The molecule has 0 spiro atoms. The first-order valence-corrected chi connectivity index (χ1v) is 10.3. The molecule has 0 aliphatic heterocycles. The summed E-state index contributed by atoms with van der Waals surface area (Å²) in [5, 5.41) is 6.57. The third-order valence-corrected chi connectivity index (χ3v) is 5.39. The van der Waals surface area contributed by atoms with Crippen molar-refractivity contribution in [1.29, 1.82) is 0 Å². The van der Waals surface area contributed by atoms with Crippen molar-refractivity contribution in [2.75, 3.05) is 32.5 Å². The van der Waals surface area contributed by atoms with Gasteiger partial charge in [-0.1, -0.05) is 12.1 Å². The maximum atomic E-state index is 13.0. The highest BCUT2D eigenvalue weighted by Gasteiger charge is 2.19. The van der Waals surface area contributed by atoms with Crippen LogP contribution in [0.1, 0.15) is 20.7 Å². The molecule has 2 heterocycles. The topological polar surface area (TPSA) is 127 Å². The van der Waals surface area contributed by atoms with Crippen LogP contribution in [0.25, 0.3) is 21.8 Å². The zero-order valence-electron chi connectivity index (χ0n) is 18.2. The quantitative estimate of drug-likeness (QED) is 0.324. The van der Waals surface area contributed by atoms with E-state index in [0.29, 0.717) is 33.1 Å². The van der Waals surface area contributed by atoms with Crippen LogP contribution in [0.2, 0.25) is 0 Å². The summed E-state index contributed by atoms with van der Waals surface area (Å²) < 4.78 is 0. The predicted octanol–water partition coefficient (Wildman–Crippen LogP) is 2.12. The predicted molar refractivity (Wildman–Crippen MR) is 127 cm³/mol. The number of benzene rings is 2. The number of nitrogens with one attached hydrogen (secondary N) is 4. The molecule has 4 aromatic rings. The van der Waals surface area contributed by atoms with Gasteiger partial charge >= 0.3 is 0 Å². The normalized spacial score (nSPS) is 11.0. The lowest BCUT2D eigenvalue weighted by Gasteiger charge is -2.17. The number of Topliss-reactive ketones (excluding diaryl/α,β-unsaturated/α-hetero) is 1. The Morgan fingerprint density at radius 2 is 1.76 bits per heavy atom. The summed E-state index contributed by atoms with van der Waals surface area (Å²) in [7, 11) is 3.22. The van der Waals surface area contributed by atoms with Gasteiger partial charge in [0.05, 0.1) is 13.1 Å². The van der Waals surface area contributed by atoms with E-state index in [1.54, 1.807) is 62.8 Å². The van der Waals surface area contributed by atoms with Crippen molar-refractivity contribution in [3.8, 4) is 0 Å². The number of aromatic nitrogens is 2. The number of para-hydroxylation sites is 1. The van der Waals surface area contributed by atoms with Crippen molar-refractivity contribution in [3.63, 3.8) is 0 Å². The number of H-pyrrole nitrogens is 2. The minimum absolute atomic E-state index is 0.0365. The van der Waals surface area contributed by atoms with Gasteiger partial charge in [0.2, 0.25) is 11.3 Å². The lowest BCUT2D eigenvalue weighted by molar-refractivity contribution is -0.128. The lowest BCUT2D eigenvalue weighted by Crippen LogP contribution is -2.37. The molecule has 9 heteroatoms. The van der Waals surface area contributed by atoms with Gasteiger partial charge < -0.3 is 25.5 Å². The number of hydrogen-bond donors (Lipinski definition) is 4. The lowest BCUT2D eigenvalue weighted by atomic mass is 10.0. The minimum atomic E-state index is -0.590. The van der Waals surface area contributed by atoms with Crippen LogP contribution in [-0.2, 0) is 4.79 Å². The second-order valence-electron chi connectivity index (χ2n) is 7.70. The Balaban J connectivity index is 1.64. The van der Waals surface area contributed by atoms with Crippen molar-refractivity contribution < 1.29 is 14.4 Å². The number of rotatable bonds is 7. The highest BCUT2D eigenvalue weighted by Crippen LogP contribution is 2.24. The zero-order valence-corrected chi connectivity index (χ0v) is 18.2. The monoisotopic (exact) mass is 445 g/mol. The van der Waals surface area contributed by atoms with E-state index in [1.165, 1.54) is 11.1 Å². The van der Waals surface area contributed by atoms with Gasteiger partial charge in [0.25, 0.3) is 5.91 Å². The molecule has 2 amide bonds. The zero-order chi connectivity index (χ0) is 23.5. The number of fused-ring (bicyclic) bond motifs is 2. The molecule has 9 nitrogen and oxygen atoms in total. The summed E-state index contributed by atoms with van der Waals surface area (Å²) in [6.07, 6.45) is 3.07. The van der Waals surface area contributed by atoms with Crippen molar-refractivity contribution in [2.45, 2.75) is 0 Å². The first-order chi connectivity index (χ1) is 15.9. The number of anilines is 1. The summed E-state index contributed by atoms with van der Waals surface area (Å²) in [6.45, 7) is 0.0162. The molecular formula is C24H23N5O4. The van der Waals surface area contributed by atoms with E-state index in [4.69, 9.17) is 0 Å². The van der Waals surface area contributed by atoms with E-state index in [0.717, 1.165) is 0 Å². The molecule has 168 valence electrons. The van der Waals surface area contributed by atoms with Gasteiger partial charge in [-0.3, -0.25) is 19.2 Å². The Morgan fingerprint density at radius 1 is 0.970 bits per heavy atom. The standard InChI is InChI=1S/C24H23N5O4/c1-25-12-22(31)29(2)13-21(30)17-9-14(10-20-15(17)7-8-26-20)28-24(33)18-11-27-19-6-4-3-5-16(19)23(18)32/h3-11,25-26H,12-13H2,1-2H3,(H,27,32)(H,28,33). The van der Waals surface area contributed by atoms with E-state index >= 15 is 0 Å². The average molecular weight is 445 g/mol. The number of ketones is 1. The van der Waals surface area contributed by atoms with Gasteiger partial charge in [-0.25, -0.2) is 0 Å². The maximum absolute atomic E-state index is 13.0. The SMILES string of the molecule is CNCC(=O)N(C)CC(=O)c1cc(NC(=O)c2c[nH]c3ccccc3c2=O)cc2[nH]ccc12. The molecule has 0 saturated heterocycles. The number of pyridine rings is 1. The van der Waals surface area contributed by atoms with Crippen LogP contribution in [0.3, 0.4) is 0 Å². The molecule has 0 fully saturated rings. The molecule has 4 rings (SSSR count). The first-order valence-electron chi connectivity index (χ1n) is 10.3. The summed E-state index contributed by atoms with van der Waals surface area (Å²) in [5.74, 6) is -1.07. The maximum Gasteiger partial charge on any atom is 0.261 e. The van der Waals surface area contributed by atoms with Gasteiger partial charge in [0, 0.05) is 52.5 Å². The molecular weight excluding hydrogens is 422 g/mol. The van der Waals surface area contributed by atoms with E-state index in [-0.39, 0.29) is 35.8 Å². The fourth-order valence-electron chi connectivity index (χ4n) is 3.68. The molecule has 33 heavy (non-hydrogen) atoms. The highest BCUT2D eigenvalue weighted by molar-refractivity contribution is 6.12. The van der Waals surface area contributed by atoms with Crippen LogP contribution in [-0.4, -0.2) is 59.7 Å². The molecule has 2 aromatic carbocycles. The number of carbonyl (C=O) groups excluding carboxylic acids is 3. The number of hydrogen-bond acceptors (Lipinski definition) is 5. The molecule has 0 radical (unpaired) electrons. The Hall–Kier alpha value is -4.24. The summed E-state index contributed by atoms with van der Waals surface area (Å²) >= 11 is 0. The van der Waals surface area contributed by atoms with Crippen molar-refractivity contribution in [3.05, 3.63) is 76.2 Å². The molecule has 2 aromatic heterocycles. The summed E-state index contributed by atoms with van der Waals surface area (Å²) in [6, 6.07) is 11.9. The van der Waals surface area contributed by atoms with Crippen LogP contribution >= 0.6 is 0 Å². The number of aromatic amines is 2. The molecule has 0 saturated carbocycles. The van der Waals surface area contributed by atoms with Crippen LogP contribution < -0.4 is 16.1 Å². The number of carbonyl (C=O) groups is 3. The van der Waals surface area contributed by atoms with Crippen molar-refractivity contribution in [2.24, 2.45) is 0 Å². The second-order valence-corrected chi connectivity index (χ2v) is 7.70. The van der Waals surface area contributed by atoms with Gasteiger partial charge in [-0.2, -0.15) is 0 Å². The molecule has 0 aliphatic carbocycles. The van der Waals surface area contributed by atoms with Gasteiger partial charge in [0.1, 0.15) is 5.56 Å². The van der Waals surface area contributed by atoms with Gasteiger partial charge in [-0.05, 0) is 37.4 Å². The molecule has 0 atom stereocenters. The number of nitrogens with zero attached hydrogens (tertiary/aromatic N) is 1. The van der Waals surface area contributed by atoms with Crippen LogP contribution in [0.5, 0.6) is 0 Å². The Bertz CT molecular complexity index is 1440. The largest absolute Gasteiger partial charge is 0.361 e. The third-order valence-electron chi connectivity index (χ3n) is 5.39. The summed E-state index contributed by atoms with van der Waals surface area (Å²) in [5.41, 5.74) is 1.58. The third kappa shape index (κ3) is 4.39. The molecule has 0 bridgehead atoms. The van der Waals surface area contributed by atoms with Gasteiger partial charge in [0.15, 0.2) is 5.78 Å². The smallest absolute Gasteiger partial charge is 0.261 e. The van der Waals surface area contributed by atoms with E-state index in [9.17, 15) is 19.2 Å². The average Bonchev–Trinajstić information content (AvgIpc) is 3.27. The Morgan fingerprint density at radius 3 is 2.55 bits per heavy atom. The van der Waals surface area contributed by atoms with Crippen LogP contribution in [0.4, 0.5) is 5.69 Å². The molecule has 0 aliphatic rings. The Kier molecular flexibility index (Phi) is 6.05. The van der Waals surface area contributed by atoms with Gasteiger partial charge in [-0.15, -0.1) is 0 Å². The fraction of sp³-hybridized carbons (Fsp3) is 0.167. The summed E-state index contributed by atoms with van der Waals surface area (Å²) in [4.78, 5) is 58.0. The van der Waals surface area contributed by atoms with E-state index in [1.807, 2.05) is 0 Å². The van der Waals surface area contributed by atoms with Crippen molar-refractivity contribution in [1.82, 2.24) is 20.2 Å². The number of amides is 2. The number of likely N-dealkylation sites (N-methyl/N-ethyl adjacent to an activating group) is 2. The van der Waals surface area contributed by atoms with E-state index in [2.05, 4.69) is 20.6 Å². The van der Waals surface area contributed by atoms with Crippen molar-refractivity contribution >= 4 is 45.1 Å². The Labute approximate surface area is 188 Å². The first kappa shape index (κ1) is 22.0.